The number of esters is 1. The van der Waals surface area contributed by atoms with Gasteiger partial charge in [-0.3, -0.25) is 4.90 Å². The fourth-order valence-electron chi connectivity index (χ4n) is 1.36. The number of aromatic nitrogens is 1. The number of carbonyl (C=O) groups excluding carboxylic acids is 1. The molecule has 1 aromatic heterocycles. The van der Waals surface area contributed by atoms with E-state index < -0.39 is 0 Å². The minimum Gasteiger partial charge on any atom is -0.476 e. The molecule has 1 rings (SSSR count). The van der Waals surface area contributed by atoms with Gasteiger partial charge in [-0.2, -0.15) is 0 Å². The molecule has 0 amide bonds. The molecule has 1 aromatic rings. The topological polar surface area (TPSA) is 51.7 Å². The van der Waals surface area contributed by atoms with Crippen LogP contribution in [0.5, 0.6) is 5.88 Å². The Morgan fingerprint density at radius 2 is 2.30 bits per heavy atom. The highest BCUT2D eigenvalue weighted by atomic mass is 127. The second kappa shape index (κ2) is 9.71. The van der Waals surface area contributed by atoms with Crippen LogP contribution in [0.2, 0.25) is 0 Å². The van der Waals surface area contributed by atoms with Gasteiger partial charge in [-0.15, -0.1) is 0 Å². The van der Waals surface area contributed by atoms with Crippen LogP contribution in [-0.4, -0.2) is 49.2 Å². The van der Waals surface area contributed by atoms with Crippen molar-refractivity contribution in [2.24, 2.45) is 0 Å². The first-order chi connectivity index (χ1) is 9.61. The first kappa shape index (κ1) is 16.9. The number of carbonyl (C=O) groups is 1. The summed E-state index contributed by atoms with van der Waals surface area (Å²) in [5.41, 5.74) is 0. The van der Waals surface area contributed by atoms with E-state index in [1.165, 1.54) is 6.08 Å². The molecular formula is C14H19IN2O3. The van der Waals surface area contributed by atoms with Crippen molar-refractivity contribution in [1.29, 1.82) is 0 Å². The molecule has 0 aliphatic heterocycles. The number of halogens is 1. The van der Waals surface area contributed by atoms with Crippen molar-refractivity contribution < 1.29 is 14.3 Å². The summed E-state index contributed by atoms with van der Waals surface area (Å²) in [5, 5.41) is 0. The van der Waals surface area contributed by atoms with Gasteiger partial charge in [0.1, 0.15) is 6.61 Å². The van der Waals surface area contributed by atoms with Gasteiger partial charge in [-0.1, -0.05) is 6.08 Å². The molecule has 110 valence electrons. The molecule has 0 aliphatic carbocycles. The van der Waals surface area contributed by atoms with E-state index in [0.717, 1.165) is 10.1 Å². The lowest BCUT2D eigenvalue weighted by molar-refractivity contribution is -0.137. The van der Waals surface area contributed by atoms with E-state index in [1.807, 2.05) is 24.1 Å². The molecular weight excluding hydrogens is 371 g/mol. The molecule has 0 atom stereocenters. The Morgan fingerprint density at radius 1 is 1.50 bits per heavy atom. The summed E-state index contributed by atoms with van der Waals surface area (Å²) in [7, 11) is 1.96. The zero-order valence-electron chi connectivity index (χ0n) is 11.7. The van der Waals surface area contributed by atoms with E-state index >= 15 is 0 Å². The monoisotopic (exact) mass is 390 g/mol. The SMILES string of the molecule is CCOC(=O)/C=C/CN(C)CCOc1ccc(I)cn1. The van der Waals surface area contributed by atoms with Gasteiger partial charge < -0.3 is 9.47 Å². The van der Waals surface area contributed by atoms with Gasteiger partial charge in [0.05, 0.1) is 6.61 Å². The lowest BCUT2D eigenvalue weighted by atomic mass is 10.4. The summed E-state index contributed by atoms with van der Waals surface area (Å²) in [6.07, 6.45) is 4.99. The van der Waals surface area contributed by atoms with E-state index in [4.69, 9.17) is 9.47 Å². The average molecular weight is 390 g/mol. The Hall–Kier alpha value is -1.15. The molecule has 0 unspecified atom stereocenters. The van der Waals surface area contributed by atoms with Gasteiger partial charge in [-0.05, 0) is 42.6 Å². The van der Waals surface area contributed by atoms with Gasteiger partial charge in [0.25, 0.3) is 0 Å². The maximum atomic E-state index is 11.1. The van der Waals surface area contributed by atoms with Crippen LogP contribution in [0.15, 0.2) is 30.5 Å². The summed E-state index contributed by atoms with van der Waals surface area (Å²) in [6, 6.07) is 3.80. The van der Waals surface area contributed by atoms with E-state index in [9.17, 15) is 4.79 Å². The number of hydrogen-bond acceptors (Lipinski definition) is 5. The Bertz CT molecular complexity index is 435. The molecule has 0 aliphatic rings. The highest BCUT2D eigenvalue weighted by molar-refractivity contribution is 14.1. The number of likely N-dealkylation sites (N-methyl/N-ethyl adjacent to an activating group) is 1. The number of hydrogen-bond donors (Lipinski definition) is 0. The van der Waals surface area contributed by atoms with Crippen LogP contribution >= 0.6 is 22.6 Å². The van der Waals surface area contributed by atoms with Crippen LogP contribution in [0.4, 0.5) is 0 Å². The second-order valence-corrected chi connectivity index (χ2v) is 5.33. The predicted molar refractivity (Wildman–Crippen MR) is 85.7 cm³/mol. The number of ether oxygens (including phenoxy) is 2. The van der Waals surface area contributed by atoms with Crippen molar-refractivity contribution in [3.8, 4) is 5.88 Å². The Balaban J connectivity index is 2.18. The lowest BCUT2D eigenvalue weighted by Crippen LogP contribution is -2.24. The molecule has 1 heterocycles. The zero-order chi connectivity index (χ0) is 14.8. The Kier molecular flexibility index (Phi) is 8.20. The standard InChI is InChI=1S/C14H19IN2O3/c1-3-19-14(18)5-4-8-17(2)9-10-20-13-7-6-12(15)11-16-13/h4-7,11H,3,8-10H2,1-2H3/b5-4+. The molecule has 0 N–H and O–H groups in total. The quantitative estimate of drug-likeness (QED) is 0.387. The molecule has 0 spiro atoms. The molecule has 0 saturated heterocycles. The average Bonchev–Trinajstić information content (AvgIpc) is 2.41. The molecule has 0 fully saturated rings. The third-order valence-corrected chi connectivity index (χ3v) is 3.02. The minimum absolute atomic E-state index is 0.305. The van der Waals surface area contributed by atoms with Crippen LogP contribution in [0.1, 0.15) is 6.92 Å². The lowest BCUT2D eigenvalue weighted by Gasteiger charge is -2.14. The van der Waals surface area contributed by atoms with Crippen molar-refractivity contribution in [2.45, 2.75) is 6.92 Å². The molecule has 0 aromatic carbocycles. The van der Waals surface area contributed by atoms with Gasteiger partial charge in [0.15, 0.2) is 0 Å². The summed E-state index contributed by atoms with van der Waals surface area (Å²) in [5.74, 6) is 0.320. The van der Waals surface area contributed by atoms with E-state index in [0.29, 0.717) is 25.6 Å². The summed E-state index contributed by atoms with van der Waals surface area (Å²) in [6.45, 7) is 4.16. The molecule has 20 heavy (non-hydrogen) atoms. The van der Waals surface area contributed by atoms with Gasteiger partial charge in [0.2, 0.25) is 5.88 Å². The summed E-state index contributed by atoms with van der Waals surface area (Å²) < 4.78 is 11.4. The molecule has 5 nitrogen and oxygen atoms in total. The zero-order valence-corrected chi connectivity index (χ0v) is 13.9. The molecule has 0 saturated carbocycles. The van der Waals surface area contributed by atoms with Crippen molar-refractivity contribution >= 4 is 28.6 Å². The minimum atomic E-state index is -0.305. The normalized spacial score (nSPS) is 11.0. The van der Waals surface area contributed by atoms with Crippen LogP contribution in [0.25, 0.3) is 0 Å². The van der Waals surface area contributed by atoms with Crippen molar-refractivity contribution in [1.82, 2.24) is 9.88 Å². The Morgan fingerprint density at radius 3 is 2.95 bits per heavy atom. The number of nitrogens with zero attached hydrogens (tertiary/aromatic N) is 2. The molecule has 0 bridgehead atoms. The third-order valence-electron chi connectivity index (χ3n) is 2.38. The fourth-order valence-corrected chi connectivity index (χ4v) is 1.68. The number of pyridine rings is 1. The highest BCUT2D eigenvalue weighted by Crippen LogP contribution is 2.08. The smallest absolute Gasteiger partial charge is 0.330 e. The van der Waals surface area contributed by atoms with Crippen molar-refractivity contribution in [3.63, 3.8) is 0 Å². The van der Waals surface area contributed by atoms with E-state index in [-0.39, 0.29) is 5.97 Å². The molecule has 0 radical (unpaired) electrons. The first-order valence-electron chi connectivity index (χ1n) is 6.38. The first-order valence-corrected chi connectivity index (χ1v) is 7.46. The third kappa shape index (κ3) is 7.44. The maximum absolute atomic E-state index is 11.1. The maximum Gasteiger partial charge on any atom is 0.330 e. The second-order valence-electron chi connectivity index (χ2n) is 4.08. The van der Waals surface area contributed by atoms with Crippen molar-refractivity contribution in [2.75, 3.05) is 33.4 Å². The largest absolute Gasteiger partial charge is 0.476 e. The summed E-state index contributed by atoms with van der Waals surface area (Å²) >= 11 is 2.20. The molecule has 6 heteroatoms. The van der Waals surface area contributed by atoms with Gasteiger partial charge in [0, 0.05) is 35.0 Å². The van der Waals surface area contributed by atoms with Gasteiger partial charge in [-0.25, -0.2) is 9.78 Å². The van der Waals surface area contributed by atoms with E-state index in [2.05, 4.69) is 27.6 Å². The van der Waals surface area contributed by atoms with Crippen LogP contribution < -0.4 is 4.74 Å². The Labute approximate surface area is 133 Å². The summed E-state index contributed by atoms with van der Waals surface area (Å²) in [4.78, 5) is 17.3. The predicted octanol–water partition coefficient (Wildman–Crippen LogP) is 2.12. The van der Waals surface area contributed by atoms with Crippen molar-refractivity contribution in [3.05, 3.63) is 34.1 Å². The number of rotatable bonds is 8. The van der Waals surface area contributed by atoms with E-state index in [1.54, 1.807) is 19.2 Å². The van der Waals surface area contributed by atoms with Crippen LogP contribution in [0, 0.1) is 3.57 Å². The highest BCUT2D eigenvalue weighted by Gasteiger charge is 1.99. The van der Waals surface area contributed by atoms with Gasteiger partial charge >= 0.3 is 5.97 Å². The van der Waals surface area contributed by atoms with Crippen LogP contribution in [0.3, 0.4) is 0 Å². The fraction of sp³-hybridized carbons (Fsp3) is 0.429. The van der Waals surface area contributed by atoms with Crippen LogP contribution in [-0.2, 0) is 9.53 Å².